The molecule has 8 heteroatoms. The van der Waals surface area contributed by atoms with Crippen LogP contribution < -0.4 is 15.8 Å². The first-order valence-corrected chi connectivity index (χ1v) is 6.23. The fourth-order valence-electron chi connectivity index (χ4n) is 1.60. The largest absolute Gasteiger partial charge is 0.573 e. The van der Waals surface area contributed by atoms with Crippen LogP contribution in [0, 0.1) is 0 Å². The molecule has 0 heterocycles. The van der Waals surface area contributed by atoms with Gasteiger partial charge in [0, 0.05) is 13.0 Å². The van der Waals surface area contributed by atoms with Gasteiger partial charge < -0.3 is 15.8 Å². The van der Waals surface area contributed by atoms with Gasteiger partial charge in [-0.15, -0.1) is 25.6 Å². The number of hydrogen-bond donors (Lipinski definition) is 2. The zero-order valence-corrected chi connectivity index (χ0v) is 12.1. The number of ether oxygens (including phenoxy) is 1. The van der Waals surface area contributed by atoms with Crippen molar-refractivity contribution < 1.29 is 22.7 Å². The lowest BCUT2D eigenvalue weighted by Crippen LogP contribution is -2.26. The SMILES string of the molecule is Cl.NCCCNC(=O)CCc1ccccc1OC(F)(F)F. The first-order valence-electron chi connectivity index (χ1n) is 6.23. The summed E-state index contributed by atoms with van der Waals surface area (Å²) < 4.78 is 40.6. The second-order valence-electron chi connectivity index (χ2n) is 4.15. The van der Waals surface area contributed by atoms with E-state index in [1.54, 1.807) is 6.07 Å². The Morgan fingerprint density at radius 2 is 1.95 bits per heavy atom. The Hall–Kier alpha value is -1.47. The molecule has 0 aromatic heterocycles. The molecule has 1 aromatic rings. The van der Waals surface area contributed by atoms with Crippen molar-refractivity contribution >= 4 is 18.3 Å². The maximum atomic E-state index is 12.2. The summed E-state index contributed by atoms with van der Waals surface area (Å²) in [5.41, 5.74) is 5.63. The van der Waals surface area contributed by atoms with Crippen molar-refractivity contribution in [1.29, 1.82) is 0 Å². The van der Waals surface area contributed by atoms with Crippen LogP contribution in [0.3, 0.4) is 0 Å². The van der Waals surface area contributed by atoms with Crippen molar-refractivity contribution in [3.05, 3.63) is 29.8 Å². The number of carbonyl (C=O) groups is 1. The summed E-state index contributed by atoms with van der Waals surface area (Å²) in [7, 11) is 0. The van der Waals surface area contributed by atoms with Crippen LogP contribution in [0.15, 0.2) is 24.3 Å². The predicted octanol–water partition coefficient (Wildman–Crippen LogP) is 2.40. The van der Waals surface area contributed by atoms with Gasteiger partial charge in [-0.1, -0.05) is 18.2 Å². The number of carbonyl (C=O) groups excluding carboxylic acids is 1. The van der Waals surface area contributed by atoms with Crippen molar-refractivity contribution in [1.82, 2.24) is 5.32 Å². The van der Waals surface area contributed by atoms with Crippen LogP contribution in [0.2, 0.25) is 0 Å². The fourth-order valence-corrected chi connectivity index (χ4v) is 1.60. The second kappa shape index (κ2) is 9.46. The molecule has 1 rings (SSSR count). The van der Waals surface area contributed by atoms with Crippen LogP contribution in [-0.2, 0) is 11.2 Å². The highest BCUT2D eigenvalue weighted by Crippen LogP contribution is 2.26. The van der Waals surface area contributed by atoms with Crippen molar-refractivity contribution in [3.8, 4) is 5.75 Å². The van der Waals surface area contributed by atoms with Gasteiger partial charge in [0.25, 0.3) is 0 Å². The van der Waals surface area contributed by atoms with Crippen molar-refractivity contribution in [3.63, 3.8) is 0 Å². The predicted molar refractivity (Wildman–Crippen MR) is 75.4 cm³/mol. The van der Waals surface area contributed by atoms with Gasteiger partial charge in [0.2, 0.25) is 5.91 Å². The Balaban J connectivity index is 0.00000400. The molecule has 3 N–H and O–H groups in total. The van der Waals surface area contributed by atoms with Crippen molar-refractivity contribution in [2.24, 2.45) is 5.73 Å². The van der Waals surface area contributed by atoms with E-state index in [0.717, 1.165) is 0 Å². The van der Waals surface area contributed by atoms with Crippen LogP contribution in [0.4, 0.5) is 13.2 Å². The Labute approximate surface area is 127 Å². The van der Waals surface area contributed by atoms with Gasteiger partial charge in [0.1, 0.15) is 5.75 Å². The molecular formula is C13H18ClF3N2O2. The zero-order valence-electron chi connectivity index (χ0n) is 11.3. The molecule has 21 heavy (non-hydrogen) atoms. The van der Waals surface area contributed by atoms with Crippen LogP contribution >= 0.6 is 12.4 Å². The van der Waals surface area contributed by atoms with Crippen molar-refractivity contribution in [2.75, 3.05) is 13.1 Å². The zero-order chi connectivity index (χ0) is 15.0. The molecule has 0 aliphatic rings. The van der Waals surface area contributed by atoms with E-state index in [1.165, 1.54) is 18.2 Å². The van der Waals surface area contributed by atoms with E-state index < -0.39 is 6.36 Å². The number of nitrogens with one attached hydrogen (secondary N) is 1. The maximum absolute atomic E-state index is 12.2. The number of alkyl halides is 3. The van der Waals surface area contributed by atoms with E-state index in [2.05, 4.69) is 10.1 Å². The number of aryl methyl sites for hydroxylation is 1. The van der Waals surface area contributed by atoms with Crippen LogP contribution in [0.1, 0.15) is 18.4 Å². The topological polar surface area (TPSA) is 64.3 Å². The molecule has 4 nitrogen and oxygen atoms in total. The van der Waals surface area contributed by atoms with Gasteiger partial charge in [-0.05, 0) is 31.0 Å². The first kappa shape index (κ1) is 19.5. The maximum Gasteiger partial charge on any atom is 0.573 e. The Kier molecular flexibility index (Phi) is 8.80. The van der Waals surface area contributed by atoms with E-state index in [0.29, 0.717) is 25.1 Å². The van der Waals surface area contributed by atoms with Gasteiger partial charge in [0.05, 0.1) is 0 Å². The third kappa shape index (κ3) is 8.41. The highest BCUT2D eigenvalue weighted by atomic mass is 35.5. The molecule has 0 atom stereocenters. The van der Waals surface area contributed by atoms with Gasteiger partial charge >= 0.3 is 6.36 Å². The number of para-hydroxylation sites is 1. The highest BCUT2D eigenvalue weighted by molar-refractivity contribution is 5.85. The Bertz CT molecular complexity index is 442. The molecule has 0 aliphatic carbocycles. The second-order valence-corrected chi connectivity index (χ2v) is 4.15. The smallest absolute Gasteiger partial charge is 0.406 e. The molecule has 0 aliphatic heterocycles. The minimum atomic E-state index is -4.74. The summed E-state index contributed by atoms with van der Waals surface area (Å²) in [6.07, 6.45) is -3.79. The molecule has 0 fully saturated rings. The molecule has 0 saturated carbocycles. The molecule has 0 radical (unpaired) electrons. The summed E-state index contributed by atoms with van der Waals surface area (Å²) in [5, 5.41) is 2.64. The molecule has 0 bridgehead atoms. The van der Waals surface area contributed by atoms with E-state index in [9.17, 15) is 18.0 Å². The first-order chi connectivity index (χ1) is 9.42. The lowest BCUT2D eigenvalue weighted by atomic mass is 10.1. The summed E-state index contributed by atoms with van der Waals surface area (Å²) >= 11 is 0. The van der Waals surface area contributed by atoms with Gasteiger partial charge in [-0.2, -0.15) is 0 Å². The third-order valence-electron chi connectivity index (χ3n) is 2.52. The van der Waals surface area contributed by atoms with Gasteiger partial charge in [-0.3, -0.25) is 4.79 Å². The Morgan fingerprint density at radius 1 is 1.29 bits per heavy atom. The number of benzene rings is 1. The van der Waals surface area contributed by atoms with E-state index in [-0.39, 0.29) is 36.9 Å². The lowest BCUT2D eigenvalue weighted by molar-refractivity contribution is -0.274. The molecule has 1 aromatic carbocycles. The average molecular weight is 327 g/mol. The van der Waals surface area contributed by atoms with E-state index in [1.807, 2.05) is 0 Å². The summed E-state index contributed by atoms with van der Waals surface area (Å²) in [5.74, 6) is -0.491. The van der Waals surface area contributed by atoms with Crippen molar-refractivity contribution in [2.45, 2.75) is 25.6 Å². The molecule has 0 spiro atoms. The molecule has 0 saturated heterocycles. The third-order valence-corrected chi connectivity index (χ3v) is 2.52. The monoisotopic (exact) mass is 326 g/mol. The summed E-state index contributed by atoms with van der Waals surface area (Å²) in [4.78, 5) is 11.5. The molecule has 120 valence electrons. The summed E-state index contributed by atoms with van der Waals surface area (Å²) in [6.45, 7) is 0.943. The minimum absolute atomic E-state index is 0. The number of rotatable bonds is 7. The van der Waals surface area contributed by atoms with Crippen LogP contribution in [0.25, 0.3) is 0 Å². The molecular weight excluding hydrogens is 309 g/mol. The lowest BCUT2D eigenvalue weighted by Gasteiger charge is -2.13. The number of halogens is 4. The fraction of sp³-hybridized carbons (Fsp3) is 0.462. The highest BCUT2D eigenvalue weighted by Gasteiger charge is 2.31. The van der Waals surface area contributed by atoms with E-state index >= 15 is 0 Å². The minimum Gasteiger partial charge on any atom is -0.406 e. The van der Waals surface area contributed by atoms with Gasteiger partial charge in [-0.25, -0.2) is 0 Å². The number of hydrogen-bond acceptors (Lipinski definition) is 3. The molecule has 1 amide bonds. The average Bonchev–Trinajstić information content (AvgIpc) is 2.36. The molecule has 0 unspecified atom stereocenters. The standard InChI is InChI=1S/C13H17F3N2O2.ClH/c14-13(15,16)20-11-5-2-1-4-10(11)6-7-12(19)18-9-3-8-17;/h1-2,4-5H,3,6-9,17H2,(H,18,19);1H. The van der Waals surface area contributed by atoms with Crippen LogP contribution in [-0.4, -0.2) is 25.4 Å². The Morgan fingerprint density at radius 3 is 2.57 bits per heavy atom. The number of amides is 1. The summed E-state index contributed by atoms with van der Waals surface area (Å²) in [6, 6.07) is 5.79. The van der Waals surface area contributed by atoms with Gasteiger partial charge in [0.15, 0.2) is 0 Å². The quantitative estimate of drug-likeness (QED) is 0.756. The van der Waals surface area contributed by atoms with Crippen LogP contribution in [0.5, 0.6) is 5.75 Å². The number of nitrogens with two attached hydrogens (primary N) is 1. The normalized spacial score (nSPS) is 10.7. The van der Waals surface area contributed by atoms with E-state index in [4.69, 9.17) is 5.73 Å².